The van der Waals surface area contributed by atoms with E-state index < -0.39 is 31.9 Å². The minimum atomic E-state index is -3.62. The molecule has 0 radical (unpaired) electrons. The van der Waals surface area contributed by atoms with E-state index in [9.17, 15) is 19.3 Å². The summed E-state index contributed by atoms with van der Waals surface area (Å²) in [7, 11) is -0.548. The lowest BCUT2D eigenvalue weighted by atomic mass is 10.2. The zero-order valence-corrected chi connectivity index (χ0v) is 17.6. The SMILES string of the molecule is CC(=O)SCCOP(=O)(OC[C@@H]1O[C@H](n2ccc(N)nc2=O)CC1O)N(C)C. The van der Waals surface area contributed by atoms with Crippen molar-refractivity contribution in [2.24, 2.45) is 0 Å². The minimum Gasteiger partial charge on any atom is -0.390 e. The number of anilines is 1. The zero-order valence-electron chi connectivity index (χ0n) is 15.9. The molecule has 0 amide bonds. The van der Waals surface area contributed by atoms with Crippen molar-refractivity contribution in [3.63, 3.8) is 0 Å². The average molecular weight is 436 g/mol. The van der Waals surface area contributed by atoms with Gasteiger partial charge < -0.3 is 15.6 Å². The molecule has 28 heavy (non-hydrogen) atoms. The Labute approximate surface area is 166 Å². The monoisotopic (exact) mass is 436 g/mol. The zero-order chi connectivity index (χ0) is 20.9. The van der Waals surface area contributed by atoms with E-state index >= 15 is 0 Å². The highest BCUT2D eigenvalue weighted by molar-refractivity contribution is 8.13. The maximum Gasteiger partial charge on any atom is 0.407 e. The molecule has 2 rings (SSSR count). The number of aliphatic hydroxyl groups is 1. The Kier molecular flexibility index (Phi) is 8.19. The number of ether oxygens (including phenoxy) is 1. The van der Waals surface area contributed by atoms with E-state index in [-0.39, 0.29) is 30.6 Å². The normalized spacial score (nSPS) is 24.4. The molecule has 1 aliphatic heterocycles. The number of nitrogens with zero attached hydrogens (tertiary/aromatic N) is 3. The predicted octanol–water partition coefficient (Wildman–Crippen LogP) is 0.457. The Bertz CT molecular complexity index is 790. The van der Waals surface area contributed by atoms with Crippen LogP contribution in [0.1, 0.15) is 19.6 Å². The highest BCUT2D eigenvalue weighted by Gasteiger charge is 2.38. The standard InChI is InChI=1S/C15H25N4O7PS/c1-10(20)28-7-6-24-27(23,18(2)3)25-9-12-11(21)8-14(26-12)19-5-4-13(16)17-15(19)22/h4-5,11-12,14,21H,6-9H2,1-3H3,(H2,16,17,22)/t11?,12-,14-,27?/m0/s1. The molecule has 1 aromatic rings. The molecule has 1 aliphatic rings. The predicted molar refractivity (Wildman–Crippen MR) is 104 cm³/mol. The van der Waals surface area contributed by atoms with Gasteiger partial charge >= 0.3 is 13.4 Å². The van der Waals surface area contributed by atoms with Crippen molar-refractivity contribution in [2.45, 2.75) is 31.8 Å². The van der Waals surface area contributed by atoms with Gasteiger partial charge in [0.05, 0.1) is 19.3 Å². The third-order valence-electron chi connectivity index (χ3n) is 3.90. The second-order valence-electron chi connectivity index (χ2n) is 6.26. The molecular formula is C15H25N4O7PS. The van der Waals surface area contributed by atoms with Crippen LogP contribution in [0.5, 0.6) is 0 Å². The van der Waals surface area contributed by atoms with Gasteiger partial charge in [0, 0.05) is 25.3 Å². The van der Waals surface area contributed by atoms with Crippen LogP contribution < -0.4 is 11.4 Å². The first-order valence-electron chi connectivity index (χ1n) is 8.51. The van der Waals surface area contributed by atoms with Crippen LogP contribution in [-0.4, -0.2) is 69.7 Å². The molecule has 0 bridgehead atoms. The van der Waals surface area contributed by atoms with Crippen molar-refractivity contribution in [1.82, 2.24) is 14.2 Å². The molecule has 4 atom stereocenters. The summed E-state index contributed by atoms with van der Waals surface area (Å²) in [4.78, 5) is 26.5. The third kappa shape index (κ3) is 6.11. The van der Waals surface area contributed by atoms with E-state index in [1.165, 1.54) is 42.5 Å². The summed E-state index contributed by atoms with van der Waals surface area (Å²) in [5.41, 5.74) is 4.87. The van der Waals surface area contributed by atoms with E-state index in [0.29, 0.717) is 5.75 Å². The van der Waals surface area contributed by atoms with E-state index in [1.54, 1.807) is 0 Å². The lowest BCUT2D eigenvalue weighted by Crippen LogP contribution is -2.29. The molecule has 2 heterocycles. The summed E-state index contributed by atoms with van der Waals surface area (Å²) in [6.07, 6.45) is -0.902. The summed E-state index contributed by atoms with van der Waals surface area (Å²) in [5, 5.41) is 10.2. The molecule has 2 unspecified atom stereocenters. The molecule has 0 aromatic carbocycles. The maximum atomic E-state index is 12.8. The summed E-state index contributed by atoms with van der Waals surface area (Å²) in [5.74, 6) is 0.431. The van der Waals surface area contributed by atoms with Gasteiger partial charge in [-0.15, -0.1) is 0 Å². The van der Waals surface area contributed by atoms with Crippen LogP contribution in [-0.2, 0) is 23.1 Å². The number of hydrogen-bond donors (Lipinski definition) is 2. The Morgan fingerprint density at radius 3 is 2.86 bits per heavy atom. The van der Waals surface area contributed by atoms with Crippen molar-refractivity contribution < 1.29 is 28.3 Å². The van der Waals surface area contributed by atoms with Crippen molar-refractivity contribution in [2.75, 3.05) is 38.8 Å². The Hall–Kier alpha value is -1.27. The number of nitrogen functional groups attached to an aromatic ring is 1. The second-order valence-corrected chi connectivity index (χ2v) is 9.78. The van der Waals surface area contributed by atoms with Crippen LogP contribution in [0.25, 0.3) is 0 Å². The first-order chi connectivity index (χ1) is 13.1. The molecular weight excluding hydrogens is 411 g/mol. The Morgan fingerprint density at radius 1 is 1.54 bits per heavy atom. The first kappa shape index (κ1) is 23.0. The van der Waals surface area contributed by atoms with Gasteiger partial charge in [-0.3, -0.25) is 18.4 Å². The number of carbonyl (C=O) groups excluding carboxylic acids is 1. The number of carbonyl (C=O) groups is 1. The summed E-state index contributed by atoms with van der Waals surface area (Å²) in [6, 6.07) is 1.45. The number of rotatable bonds is 9. The third-order valence-corrected chi connectivity index (χ3v) is 6.64. The maximum absolute atomic E-state index is 12.8. The number of aliphatic hydroxyl groups excluding tert-OH is 1. The van der Waals surface area contributed by atoms with Gasteiger partial charge in [0.2, 0.25) is 0 Å². The molecule has 0 spiro atoms. The Balaban J connectivity index is 1.95. The van der Waals surface area contributed by atoms with Gasteiger partial charge in [-0.2, -0.15) is 4.98 Å². The fraction of sp³-hybridized carbons (Fsp3) is 0.667. The van der Waals surface area contributed by atoms with Crippen molar-refractivity contribution >= 4 is 30.4 Å². The van der Waals surface area contributed by atoms with Crippen molar-refractivity contribution in [1.29, 1.82) is 0 Å². The fourth-order valence-electron chi connectivity index (χ4n) is 2.45. The molecule has 1 fully saturated rings. The van der Waals surface area contributed by atoms with E-state index in [1.807, 2.05) is 0 Å². The Morgan fingerprint density at radius 2 is 2.25 bits per heavy atom. The van der Waals surface area contributed by atoms with Crippen LogP contribution >= 0.6 is 19.5 Å². The smallest absolute Gasteiger partial charge is 0.390 e. The molecule has 1 aromatic heterocycles. The molecule has 158 valence electrons. The van der Waals surface area contributed by atoms with Gasteiger partial charge in [0.25, 0.3) is 0 Å². The largest absolute Gasteiger partial charge is 0.407 e. The quantitative estimate of drug-likeness (QED) is 0.411. The van der Waals surface area contributed by atoms with Crippen LogP contribution in [0.3, 0.4) is 0 Å². The fourth-order valence-corrected chi connectivity index (χ4v) is 4.23. The van der Waals surface area contributed by atoms with Gasteiger partial charge in [0.1, 0.15) is 18.1 Å². The molecule has 1 saturated heterocycles. The van der Waals surface area contributed by atoms with Gasteiger partial charge in [0.15, 0.2) is 5.12 Å². The number of aromatic nitrogens is 2. The molecule has 13 heteroatoms. The topological polar surface area (TPSA) is 146 Å². The summed E-state index contributed by atoms with van der Waals surface area (Å²) < 4.78 is 31.8. The molecule has 3 N–H and O–H groups in total. The van der Waals surface area contributed by atoms with Gasteiger partial charge in [-0.05, 0) is 20.2 Å². The first-order valence-corrected chi connectivity index (χ1v) is 11.0. The van der Waals surface area contributed by atoms with Gasteiger partial charge in [-0.25, -0.2) is 14.0 Å². The lowest BCUT2D eigenvalue weighted by Gasteiger charge is -2.25. The van der Waals surface area contributed by atoms with Crippen LogP contribution in [0, 0.1) is 0 Å². The highest BCUT2D eigenvalue weighted by Crippen LogP contribution is 2.50. The molecule has 0 saturated carbocycles. The van der Waals surface area contributed by atoms with Crippen LogP contribution in [0.4, 0.5) is 5.82 Å². The minimum absolute atomic E-state index is 0.0584. The van der Waals surface area contributed by atoms with Gasteiger partial charge in [-0.1, -0.05) is 11.8 Å². The summed E-state index contributed by atoms with van der Waals surface area (Å²) in [6.45, 7) is 1.29. The number of nitrogens with two attached hydrogens (primary N) is 1. The summed E-state index contributed by atoms with van der Waals surface area (Å²) >= 11 is 1.06. The van der Waals surface area contributed by atoms with Crippen LogP contribution in [0.15, 0.2) is 17.1 Å². The van der Waals surface area contributed by atoms with E-state index in [2.05, 4.69) is 4.98 Å². The van der Waals surface area contributed by atoms with E-state index in [4.69, 9.17) is 19.5 Å². The molecule has 11 nitrogen and oxygen atoms in total. The average Bonchev–Trinajstić information content (AvgIpc) is 2.97. The van der Waals surface area contributed by atoms with Crippen LogP contribution in [0.2, 0.25) is 0 Å². The number of thioether (sulfide) groups is 1. The van der Waals surface area contributed by atoms with Crippen molar-refractivity contribution in [3.8, 4) is 0 Å². The van der Waals surface area contributed by atoms with Crippen molar-refractivity contribution in [3.05, 3.63) is 22.7 Å². The highest BCUT2D eigenvalue weighted by atomic mass is 32.2. The second kappa shape index (κ2) is 9.97. The molecule has 0 aliphatic carbocycles. The van der Waals surface area contributed by atoms with E-state index in [0.717, 1.165) is 11.8 Å². The number of hydrogen-bond acceptors (Lipinski definition) is 10. The lowest BCUT2D eigenvalue weighted by molar-refractivity contribution is -0.109.